The summed E-state index contributed by atoms with van der Waals surface area (Å²) in [4.78, 5) is 14.6. The van der Waals surface area contributed by atoms with Crippen molar-refractivity contribution in [1.82, 2.24) is 4.90 Å². The minimum atomic E-state index is -0.524. The summed E-state index contributed by atoms with van der Waals surface area (Å²) in [7, 11) is 0. The lowest BCUT2D eigenvalue weighted by Gasteiger charge is -2.27. The zero-order valence-electron chi connectivity index (χ0n) is 14.5. The van der Waals surface area contributed by atoms with E-state index in [2.05, 4.69) is 0 Å². The standard InChI is InChI=1S/C21H26N2O2/c22-19-11-5-4-7-16(19)12-13-21(25)23-14-6-10-18(23)15-20(24)17-8-2-1-3-9-17/h1-5,7-9,11,18,20,24H,6,10,12-15,22H2. The number of nitrogen functional groups attached to an aromatic ring is 1. The van der Waals surface area contributed by atoms with E-state index in [1.807, 2.05) is 59.5 Å². The number of hydrogen-bond acceptors (Lipinski definition) is 3. The van der Waals surface area contributed by atoms with Crippen molar-refractivity contribution in [2.24, 2.45) is 0 Å². The number of hydrogen-bond donors (Lipinski definition) is 2. The third kappa shape index (κ3) is 4.40. The molecule has 0 radical (unpaired) electrons. The van der Waals surface area contributed by atoms with Crippen LogP contribution in [0.3, 0.4) is 0 Å². The van der Waals surface area contributed by atoms with Gasteiger partial charge in [-0.2, -0.15) is 0 Å². The molecule has 0 bridgehead atoms. The van der Waals surface area contributed by atoms with Crippen molar-refractivity contribution in [2.45, 2.75) is 44.2 Å². The molecule has 0 spiro atoms. The SMILES string of the molecule is Nc1ccccc1CCC(=O)N1CCCC1CC(O)c1ccccc1. The number of nitrogens with zero attached hydrogens (tertiary/aromatic N) is 1. The number of aryl methyl sites for hydroxylation is 1. The maximum Gasteiger partial charge on any atom is 0.223 e. The Morgan fingerprint density at radius 2 is 1.88 bits per heavy atom. The van der Waals surface area contributed by atoms with Gasteiger partial charge in [0.25, 0.3) is 0 Å². The summed E-state index contributed by atoms with van der Waals surface area (Å²) < 4.78 is 0. The normalized spacial score (nSPS) is 18.3. The lowest BCUT2D eigenvalue weighted by Crippen LogP contribution is -2.36. The number of para-hydroxylation sites is 1. The first-order valence-corrected chi connectivity index (χ1v) is 9.01. The molecular weight excluding hydrogens is 312 g/mol. The Morgan fingerprint density at radius 1 is 1.16 bits per heavy atom. The molecule has 132 valence electrons. The van der Waals surface area contributed by atoms with Crippen LogP contribution in [0.5, 0.6) is 0 Å². The van der Waals surface area contributed by atoms with E-state index < -0.39 is 6.10 Å². The summed E-state index contributed by atoms with van der Waals surface area (Å²) in [6, 6.07) is 17.5. The largest absolute Gasteiger partial charge is 0.399 e. The van der Waals surface area contributed by atoms with Crippen LogP contribution in [0.2, 0.25) is 0 Å². The van der Waals surface area contributed by atoms with Crippen molar-refractivity contribution in [3.05, 3.63) is 65.7 Å². The molecule has 0 aliphatic carbocycles. The number of benzene rings is 2. The van der Waals surface area contributed by atoms with Gasteiger partial charge in [0.1, 0.15) is 0 Å². The molecule has 2 aromatic carbocycles. The highest BCUT2D eigenvalue weighted by Crippen LogP contribution is 2.28. The van der Waals surface area contributed by atoms with Crippen LogP contribution in [-0.4, -0.2) is 28.5 Å². The number of carbonyl (C=O) groups is 1. The number of likely N-dealkylation sites (tertiary alicyclic amines) is 1. The quantitative estimate of drug-likeness (QED) is 0.794. The fourth-order valence-electron chi connectivity index (χ4n) is 3.63. The minimum absolute atomic E-state index is 0.121. The third-order valence-electron chi connectivity index (χ3n) is 5.04. The van der Waals surface area contributed by atoms with Crippen LogP contribution in [-0.2, 0) is 11.2 Å². The van der Waals surface area contributed by atoms with E-state index in [4.69, 9.17) is 5.73 Å². The van der Waals surface area contributed by atoms with E-state index in [9.17, 15) is 9.90 Å². The molecule has 1 saturated heterocycles. The zero-order valence-corrected chi connectivity index (χ0v) is 14.5. The van der Waals surface area contributed by atoms with Gasteiger partial charge in [-0.25, -0.2) is 0 Å². The highest BCUT2D eigenvalue weighted by molar-refractivity contribution is 5.77. The van der Waals surface area contributed by atoms with Gasteiger partial charge in [-0.15, -0.1) is 0 Å². The lowest BCUT2D eigenvalue weighted by atomic mass is 10.00. The Balaban J connectivity index is 1.57. The molecule has 2 unspecified atom stereocenters. The van der Waals surface area contributed by atoms with Crippen molar-refractivity contribution in [3.8, 4) is 0 Å². The molecule has 3 rings (SSSR count). The van der Waals surface area contributed by atoms with Crippen LogP contribution in [0.1, 0.15) is 42.9 Å². The van der Waals surface area contributed by atoms with Crippen molar-refractivity contribution in [2.75, 3.05) is 12.3 Å². The van der Waals surface area contributed by atoms with Crippen molar-refractivity contribution >= 4 is 11.6 Å². The fraction of sp³-hybridized carbons (Fsp3) is 0.381. The predicted octanol–water partition coefficient (Wildman–Crippen LogP) is 3.32. The molecule has 3 N–H and O–H groups in total. The first kappa shape index (κ1) is 17.5. The van der Waals surface area contributed by atoms with E-state index in [1.54, 1.807) is 0 Å². The van der Waals surface area contributed by atoms with Gasteiger partial charge in [-0.05, 0) is 42.9 Å². The van der Waals surface area contributed by atoms with E-state index >= 15 is 0 Å². The number of anilines is 1. The topological polar surface area (TPSA) is 66.6 Å². The van der Waals surface area contributed by atoms with E-state index in [0.717, 1.165) is 36.2 Å². The maximum absolute atomic E-state index is 12.7. The van der Waals surface area contributed by atoms with Crippen LogP contribution in [0.15, 0.2) is 54.6 Å². The molecule has 1 amide bonds. The highest BCUT2D eigenvalue weighted by Gasteiger charge is 2.30. The zero-order chi connectivity index (χ0) is 17.6. The van der Waals surface area contributed by atoms with Gasteiger partial charge in [0.05, 0.1) is 6.10 Å². The first-order valence-electron chi connectivity index (χ1n) is 9.01. The summed E-state index contributed by atoms with van der Waals surface area (Å²) in [5, 5.41) is 10.5. The Kier molecular flexibility index (Phi) is 5.71. The molecule has 0 aromatic heterocycles. The van der Waals surface area contributed by atoms with Crippen molar-refractivity contribution < 1.29 is 9.90 Å². The smallest absolute Gasteiger partial charge is 0.223 e. The Labute approximate surface area is 149 Å². The number of nitrogens with two attached hydrogens (primary N) is 1. The molecule has 2 aromatic rings. The van der Waals surface area contributed by atoms with Gasteiger partial charge in [0.15, 0.2) is 0 Å². The monoisotopic (exact) mass is 338 g/mol. The van der Waals surface area contributed by atoms with Crippen LogP contribution in [0.4, 0.5) is 5.69 Å². The molecular formula is C21H26N2O2. The van der Waals surface area contributed by atoms with Gasteiger partial charge >= 0.3 is 0 Å². The van der Waals surface area contributed by atoms with E-state index in [1.165, 1.54) is 0 Å². The average molecular weight is 338 g/mol. The van der Waals surface area contributed by atoms with Crippen molar-refractivity contribution in [3.63, 3.8) is 0 Å². The Morgan fingerprint density at radius 3 is 2.64 bits per heavy atom. The fourth-order valence-corrected chi connectivity index (χ4v) is 3.63. The number of carbonyl (C=O) groups excluding carboxylic acids is 1. The van der Waals surface area contributed by atoms with Gasteiger partial charge in [-0.1, -0.05) is 48.5 Å². The molecule has 2 atom stereocenters. The van der Waals surface area contributed by atoms with Crippen LogP contribution >= 0.6 is 0 Å². The van der Waals surface area contributed by atoms with Crippen LogP contribution in [0, 0.1) is 0 Å². The summed E-state index contributed by atoms with van der Waals surface area (Å²) in [5.74, 6) is 0.158. The number of rotatable bonds is 6. The molecule has 25 heavy (non-hydrogen) atoms. The summed E-state index contributed by atoms with van der Waals surface area (Å²) >= 11 is 0. The second kappa shape index (κ2) is 8.17. The number of aliphatic hydroxyl groups is 1. The van der Waals surface area contributed by atoms with Crippen LogP contribution in [0.25, 0.3) is 0 Å². The molecule has 1 heterocycles. The molecule has 4 nitrogen and oxygen atoms in total. The Bertz CT molecular complexity index is 702. The summed E-state index contributed by atoms with van der Waals surface area (Å²) in [6.45, 7) is 0.787. The highest BCUT2D eigenvalue weighted by atomic mass is 16.3. The van der Waals surface area contributed by atoms with E-state index in [-0.39, 0.29) is 11.9 Å². The average Bonchev–Trinajstić information content (AvgIpc) is 3.09. The summed E-state index contributed by atoms with van der Waals surface area (Å²) in [6.07, 6.45) is 3.17. The first-order chi connectivity index (χ1) is 12.1. The van der Waals surface area contributed by atoms with Gasteiger partial charge < -0.3 is 15.7 Å². The molecule has 0 saturated carbocycles. The number of amides is 1. The van der Waals surface area contributed by atoms with Gasteiger partial charge in [0.2, 0.25) is 5.91 Å². The van der Waals surface area contributed by atoms with E-state index in [0.29, 0.717) is 19.3 Å². The third-order valence-corrected chi connectivity index (χ3v) is 5.04. The summed E-state index contributed by atoms with van der Waals surface area (Å²) in [5.41, 5.74) is 8.64. The second-order valence-corrected chi connectivity index (χ2v) is 6.74. The maximum atomic E-state index is 12.7. The number of aliphatic hydroxyl groups excluding tert-OH is 1. The van der Waals surface area contributed by atoms with Gasteiger partial charge in [-0.3, -0.25) is 4.79 Å². The minimum Gasteiger partial charge on any atom is -0.399 e. The predicted molar refractivity (Wildman–Crippen MR) is 99.9 cm³/mol. The van der Waals surface area contributed by atoms with Crippen molar-refractivity contribution in [1.29, 1.82) is 0 Å². The van der Waals surface area contributed by atoms with Crippen LogP contribution < -0.4 is 5.73 Å². The molecule has 1 fully saturated rings. The molecule has 1 aliphatic heterocycles. The van der Waals surface area contributed by atoms with Gasteiger partial charge in [0, 0.05) is 24.7 Å². The lowest BCUT2D eigenvalue weighted by molar-refractivity contribution is -0.132. The Hall–Kier alpha value is -2.33. The molecule has 4 heteroatoms. The molecule has 1 aliphatic rings. The second-order valence-electron chi connectivity index (χ2n) is 6.74.